The Hall–Kier alpha value is -8.90. The number of fused-ring (bicyclic) bond motifs is 7. The largest absolute Gasteiger partial charge is 0.458 e. The number of benzene rings is 11. The van der Waals surface area contributed by atoms with Gasteiger partial charge >= 0.3 is 6.85 Å². The van der Waals surface area contributed by atoms with E-state index >= 15 is 0 Å². The molecule has 0 unspecified atom stereocenters. The summed E-state index contributed by atoms with van der Waals surface area (Å²) >= 11 is 0. The number of aromatic nitrogens is 1. The Morgan fingerprint density at radius 1 is 0.352 bits per heavy atom. The van der Waals surface area contributed by atoms with Crippen LogP contribution in [0.15, 0.2) is 273 Å². The van der Waals surface area contributed by atoms with E-state index in [0.717, 1.165) is 45.2 Å². The summed E-state index contributed by atoms with van der Waals surface area (Å²) in [6, 6.07) is 101. The van der Waals surface area contributed by atoms with E-state index in [-0.39, 0.29) is 6.85 Å². The summed E-state index contributed by atoms with van der Waals surface area (Å²) in [5.74, 6) is 1.75. The average molecular weight is 921 g/mol. The van der Waals surface area contributed by atoms with E-state index in [1.54, 1.807) is 0 Å². The molecule has 0 atom stereocenters. The summed E-state index contributed by atoms with van der Waals surface area (Å²) in [6.07, 6.45) is 0. The van der Waals surface area contributed by atoms with Crippen LogP contribution in [-0.2, 0) is 0 Å². The molecule has 0 fully saturated rings. The highest BCUT2D eigenvalue weighted by molar-refractivity contribution is 7.20. The summed E-state index contributed by atoms with van der Waals surface area (Å²) in [5, 5.41) is 7.89. The van der Waals surface area contributed by atoms with Crippen molar-refractivity contribution in [2.75, 3.05) is 4.81 Å². The van der Waals surface area contributed by atoms with Gasteiger partial charge in [-0.05, 0) is 103 Å². The molecule has 3 heterocycles. The maximum Gasteiger partial charge on any atom is 0.336 e. The predicted octanol–water partition coefficient (Wildman–Crippen LogP) is 12.5. The van der Waals surface area contributed by atoms with Crippen molar-refractivity contribution in [2.24, 2.45) is 0 Å². The maximum absolute atomic E-state index is 7.10. The minimum absolute atomic E-state index is 0.154. The molecule has 1 aromatic heterocycles. The van der Waals surface area contributed by atoms with E-state index in [2.05, 4.69) is 282 Å². The van der Waals surface area contributed by atoms with Crippen LogP contribution in [0.25, 0.3) is 60.9 Å². The SMILES string of the molecule is c1ccc(N2B3c4ccccc4Oc4cc(-c5ccccc5-n5c6ccccc6c6ccccc65)cc(c43)-c3ccc(-c4ccccc4[Si](c4ccccc4)(c4ccccc4)c4ccccc4)cc32)cc1. The molecule has 3 nitrogen and oxygen atoms in total. The van der Waals surface area contributed by atoms with E-state index < -0.39 is 8.07 Å². The standard InChI is InChI=1S/C66H45BN2OSi/c1-5-23-48(24-6-1)69-62-44-46(53-32-16-22-40-65(53)71(49-25-7-2-8-26-49,50-27-9-3-10-28-50)51-29-11-4-12-30-51)41-42-56(62)57-43-47(45-64-66(57)67(69)58-35-17-21-39-63(58)70-64)52-31-13-18-36-59(52)68-60-37-19-14-33-54(60)55-34-15-20-38-61(55)68/h1-45H. The number of hydrogen-bond acceptors (Lipinski definition) is 2. The number of rotatable bonds is 8. The van der Waals surface area contributed by atoms with Crippen molar-refractivity contribution in [2.45, 2.75) is 0 Å². The number of hydrogen-bond donors (Lipinski definition) is 0. The van der Waals surface area contributed by atoms with Gasteiger partial charge in [-0.1, -0.05) is 218 Å². The van der Waals surface area contributed by atoms with E-state index in [1.807, 2.05) is 0 Å². The molecule has 0 bridgehead atoms. The first-order valence-electron chi connectivity index (χ1n) is 24.5. The zero-order valence-electron chi connectivity index (χ0n) is 38.9. The van der Waals surface area contributed by atoms with Crippen LogP contribution in [0.3, 0.4) is 0 Å². The van der Waals surface area contributed by atoms with Crippen LogP contribution in [0.1, 0.15) is 0 Å². The van der Waals surface area contributed by atoms with Crippen molar-refractivity contribution < 1.29 is 4.74 Å². The molecule has 0 spiro atoms. The molecular weight excluding hydrogens is 876 g/mol. The number of anilines is 2. The highest BCUT2D eigenvalue weighted by atomic mass is 28.3. The van der Waals surface area contributed by atoms with Gasteiger partial charge in [0, 0.05) is 38.7 Å². The van der Waals surface area contributed by atoms with Crippen LogP contribution in [-0.4, -0.2) is 19.5 Å². The van der Waals surface area contributed by atoms with E-state index in [9.17, 15) is 0 Å². The second kappa shape index (κ2) is 16.7. The molecule has 0 saturated heterocycles. The summed E-state index contributed by atoms with van der Waals surface area (Å²) in [5.41, 5.74) is 15.1. The number of para-hydroxylation sites is 5. The first kappa shape index (κ1) is 41.1. The Morgan fingerprint density at radius 3 is 1.55 bits per heavy atom. The summed E-state index contributed by atoms with van der Waals surface area (Å²) in [4.78, 5) is 2.57. The molecule has 0 radical (unpaired) electrons. The molecule has 71 heavy (non-hydrogen) atoms. The lowest BCUT2D eigenvalue weighted by molar-refractivity contribution is 0.487. The van der Waals surface area contributed by atoms with Crippen LogP contribution < -0.4 is 41.2 Å². The van der Waals surface area contributed by atoms with Crippen molar-refractivity contribution in [3.63, 3.8) is 0 Å². The second-order valence-corrected chi connectivity index (χ2v) is 22.5. The Labute approximate surface area is 415 Å². The third-order valence-corrected chi connectivity index (χ3v) is 19.8. The van der Waals surface area contributed by atoms with Crippen LogP contribution in [0.4, 0.5) is 11.4 Å². The topological polar surface area (TPSA) is 17.4 Å². The van der Waals surface area contributed by atoms with E-state index in [4.69, 9.17) is 4.74 Å². The van der Waals surface area contributed by atoms with Gasteiger partial charge in [0.2, 0.25) is 0 Å². The lowest BCUT2D eigenvalue weighted by atomic mass is 9.44. The number of nitrogens with zero attached hydrogens (tertiary/aromatic N) is 2. The maximum atomic E-state index is 7.10. The average Bonchev–Trinajstić information content (AvgIpc) is 3.78. The van der Waals surface area contributed by atoms with Gasteiger partial charge < -0.3 is 14.1 Å². The molecular formula is C66H45BN2OSi. The molecule has 0 saturated carbocycles. The van der Waals surface area contributed by atoms with Crippen molar-refractivity contribution in [3.8, 4) is 50.6 Å². The Bertz CT molecular complexity index is 3840. The van der Waals surface area contributed by atoms with Gasteiger partial charge in [-0.2, -0.15) is 0 Å². The van der Waals surface area contributed by atoms with Crippen LogP contribution in [0.5, 0.6) is 11.5 Å². The monoisotopic (exact) mass is 920 g/mol. The van der Waals surface area contributed by atoms with E-state index in [1.165, 1.54) is 70.3 Å². The van der Waals surface area contributed by atoms with Gasteiger partial charge in [0.05, 0.1) is 16.7 Å². The third-order valence-electron chi connectivity index (χ3n) is 15.0. The summed E-state index contributed by atoms with van der Waals surface area (Å²) in [7, 11) is -2.91. The molecule has 2 aliphatic rings. The van der Waals surface area contributed by atoms with Crippen molar-refractivity contribution >= 4 is 79.8 Å². The third kappa shape index (κ3) is 6.37. The summed E-state index contributed by atoms with van der Waals surface area (Å²) in [6.45, 7) is -0.154. The molecule has 11 aromatic carbocycles. The van der Waals surface area contributed by atoms with Gasteiger partial charge in [0.15, 0.2) is 8.07 Å². The lowest BCUT2D eigenvalue weighted by Crippen LogP contribution is -2.75. The van der Waals surface area contributed by atoms with Crippen molar-refractivity contribution in [3.05, 3.63) is 273 Å². The van der Waals surface area contributed by atoms with Gasteiger partial charge in [-0.15, -0.1) is 0 Å². The molecule has 14 rings (SSSR count). The molecule has 2 aliphatic heterocycles. The minimum Gasteiger partial charge on any atom is -0.458 e. The first-order valence-corrected chi connectivity index (χ1v) is 26.5. The Kier molecular flexibility index (Phi) is 9.65. The molecule has 0 N–H and O–H groups in total. The molecule has 0 aliphatic carbocycles. The smallest absolute Gasteiger partial charge is 0.336 e. The zero-order chi connectivity index (χ0) is 46.9. The van der Waals surface area contributed by atoms with Gasteiger partial charge in [-0.3, -0.25) is 0 Å². The molecule has 5 heteroatoms. The van der Waals surface area contributed by atoms with Crippen molar-refractivity contribution in [1.29, 1.82) is 0 Å². The Balaban J connectivity index is 1.03. The van der Waals surface area contributed by atoms with Gasteiger partial charge in [0.1, 0.15) is 11.5 Å². The van der Waals surface area contributed by atoms with Crippen LogP contribution in [0, 0.1) is 0 Å². The molecule has 0 amide bonds. The van der Waals surface area contributed by atoms with Crippen molar-refractivity contribution in [1.82, 2.24) is 4.57 Å². The molecule has 332 valence electrons. The quantitative estimate of drug-likeness (QED) is 0.112. The fraction of sp³-hybridized carbons (Fsp3) is 0. The van der Waals surface area contributed by atoms with Gasteiger partial charge in [0.25, 0.3) is 0 Å². The fourth-order valence-corrected chi connectivity index (χ4v) is 17.0. The number of ether oxygens (including phenoxy) is 1. The zero-order valence-corrected chi connectivity index (χ0v) is 39.9. The predicted molar refractivity (Wildman–Crippen MR) is 301 cm³/mol. The second-order valence-electron chi connectivity index (χ2n) is 18.7. The fourth-order valence-electron chi connectivity index (χ4n) is 12.0. The summed E-state index contributed by atoms with van der Waals surface area (Å²) < 4.78 is 9.53. The van der Waals surface area contributed by atoms with Crippen LogP contribution in [0.2, 0.25) is 0 Å². The highest BCUT2D eigenvalue weighted by Crippen LogP contribution is 2.47. The first-order chi connectivity index (χ1) is 35.3. The van der Waals surface area contributed by atoms with E-state index in [0.29, 0.717) is 0 Å². The normalized spacial score (nSPS) is 12.6. The lowest BCUT2D eigenvalue weighted by Gasteiger charge is -2.42. The minimum atomic E-state index is -2.91. The van der Waals surface area contributed by atoms with Crippen LogP contribution >= 0.6 is 0 Å². The highest BCUT2D eigenvalue weighted by Gasteiger charge is 2.46. The Morgan fingerprint density at radius 2 is 0.887 bits per heavy atom. The molecule has 12 aromatic rings. The van der Waals surface area contributed by atoms with Gasteiger partial charge in [-0.25, -0.2) is 0 Å².